The number of rotatable bonds is 0. The van der Waals surface area contributed by atoms with Gasteiger partial charge in [-0.25, -0.2) is 14.4 Å². The normalized spacial score (nSPS) is 8.12. The molecule has 1 aromatic carbocycles. The quantitative estimate of drug-likeness (QED) is 0.387. The van der Waals surface area contributed by atoms with E-state index in [-0.39, 0.29) is 0 Å². The zero-order valence-corrected chi connectivity index (χ0v) is 13.2. The molecule has 0 atom stereocenters. The molecular formula is C18H12O6. The summed E-state index contributed by atoms with van der Waals surface area (Å²) in [6.45, 7) is 0. The van der Waals surface area contributed by atoms with Crippen LogP contribution in [0, 0.1) is 35.5 Å². The third-order valence-corrected chi connectivity index (χ3v) is 2.42. The summed E-state index contributed by atoms with van der Waals surface area (Å²) in [4.78, 5) is 33.3. The molecule has 120 valence electrons. The van der Waals surface area contributed by atoms with Gasteiger partial charge >= 0.3 is 17.9 Å². The number of methoxy groups -OCH3 is 3. The van der Waals surface area contributed by atoms with Gasteiger partial charge in [0.1, 0.15) is 0 Å². The van der Waals surface area contributed by atoms with Crippen molar-refractivity contribution < 1.29 is 28.6 Å². The van der Waals surface area contributed by atoms with E-state index in [4.69, 9.17) is 0 Å². The van der Waals surface area contributed by atoms with E-state index in [1.165, 1.54) is 21.3 Å². The molecule has 0 heterocycles. The summed E-state index contributed by atoms with van der Waals surface area (Å²) in [5, 5.41) is 0. The zero-order valence-electron chi connectivity index (χ0n) is 13.2. The maximum absolute atomic E-state index is 11.1. The van der Waals surface area contributed by atoms with Gasteiger partial charge in [-0.2, -0.15) is 0 Å². The highest BCUT2D eigenvalue weighted by Crippen LogP contribution is 2.08. The van der Waals surface area contributed by atoms with Gasteiger partial charge in [0.05, 0.1) is 21.3 Å². The lowest BCUT2D eigenvalue weighted by Gasteiger charge is -1.97. The van der Waals surface area contributed by atoms with Gasteiger partial charge in [0.2, 0.25) is 0 Å². The van der Waals surface area contributed by atoms with Gasteiger partial charge in [-0.3, -0.25) is 0 Å². The highest BCUT2D eigenvalue weighted by Gasteiger charge is 1.99. The van der Waals surface area contributed by atoms with Crippen LogP contribution in [-0.4, -0.2) is 39.2 Å². The molecule has 0 aromatic heterocycles. The fraction of sp³-hybridized carbons (Fsp3) is 0.167. The van der Waals surface area contributed by atoms with Crippen molar-refractivity contribution in [3.8, 4) is 35.5 Å². The predicted molar refractivity (Wildman–Crippen MR) is 83.1 cm³/mol. The molecule has 0 saturated heterocycles. The van der Waals surface area contributed by atoms with E-state index in [2.05, 4.69) is 49.7 Å². The van der Waals surface area contributed by atoms with E-state index in [9.17, 15) is 14.4 Å². The summed E-state index contributed by atoms with van der Waals surface area (Å²) in [5.41, 5.74) is 1.23. The maximum Gasteiger partial charge on any atom is 0.384 e. The summed E-state index contributed by atoms with van der Waals surface area (Å²) in [7, 11) is 3.63. The molecule has 0 bridgehead atoms. The number of benzene rings is 1. The van der Waals surface area contributed by atoms with Crippen LogP contribution in [0.25, 0.3) is 0 Å². The van der Waals surface area contributed by atoms with Crippen LogP contribution in [0.5, 0.6) is 0 Å². The monoisotopic (exact) mass is 324 g/mol. The SMILES string of the molecule is COC(=O)C#Cc1cc(C#CC(=O)OC)cc(C#CC(=O)OC)c1. The number of esters is 3. The van der Waals surface area contributed by atoms with Crippen molar-refractivity contribution in [1.82, 2.24) is 0 Å². The lowest BCUT2D eigenvalue weighted by molar-refractivity contribution is -0.134. The van der Waals surface area contributed by atoms with Crippen molar-refractivity contribution in [1.29, 1.82) is 0 Å². The molecular weight excluding hydrogens is 312 g/mol. The van der Waals surface area contributed by atoms with Crippen LogP contribution >= 0.6 is 0 Å². The molecule has 0 unspecified atom stereocenters. The minimum atomic E-state index is -0.705. The lowest BCUT2D eigenvalue weighted by Crippen LogP contribution is -1.96. The molecule has 6 nitrogen and oxygen atoms in total. The molecule has 0 saturated carbocycles. The summed E-state index contributed by atoms with van der Waals surface area (Å²) >= 11 is 0. The van der Waals surface area contributed by atoms with Gasteiger partial charge in [0, 0.05) is 34.5 Å². The van der Waals surface area contributed by atoms with Gasteiger partial charge in [0.25, 0.3) is 0 Å². The molecule has 24 heavy (non-hydrogen) atoms. The largest absolute Gasteiger partial charge is 0.459 e. The average Bonchev–Trinajstić information content (AvgIpc) is 2.61. The minimum Gasteiger partial charge on any atom is -0.459 e. The Kier molecular flexibility index (Phi) is 7.15. The van der Waals surface area contributed by atoms with Gasteiger partial charge in [-0.15, -0.1) is 0 Å². The number of hydrogen-bond acceptors (Lipinski definition) is 6. The predicted octanol–water partition coefficient (Wildman–Crippen LogP) is 0.260. The Morgan fingerprint density at radius 3 is 1.08 bits per heavy atom. The molecule has 0 amide bonds. The Balaban J connectivity index is 3.30. The Labute approximate surface area is 139 Å². The van der Waals surface area contributed by atoms with Crippen LogP contribution in [-0.2, 0) is 28.6 Å². The van der Waals surface area contributed by atoms with E-state index in [0.717, 1.165) is 0 Å². The highest BCUT2D eigenvalue weighted by molar-refractivity contribution is 5.90. The average molecular weight is 324 g/mol. The van der Waals surface area contributed by atoms with Crippen molar-refractivity contribution in [3.05, 3.63) is 34.9 Å². The molecule has 0 N–H and O–H groups in total. The summed E-state index contributed by atoms with van der Waals surface area (Å²) < 4.78 is 13.3. The molecule has 0 aliphatic heterocycles. The van der Waals surface area contributed by atoms with Crippen molar-refractivity contribution in [2.75, 3.05) is 21.3 Å². The number of carbonyl (C=O) groups excluding carboxylic acids is 3. The van der Waals surface area contributed by atoms with Crippen LogP contribution < -0.4 is 0 Å². The fourth-order valence-electron chi connectivity index (χ4n) is 1.37. The Morgan fingerprint density at radius 2 is 0.875 bits per heavy atom. The summed E-state index contributed by atoms with van der Waals surface area (Å²) in [6, 6.07) is 4.65. The third-order valence-electron chi connectivity index (χ3n) is 2.42. The van der Waals surface area contributed by atoms with E-state index in [0.29, 0.717) is 16.7 Å². The summed E-state index contributed by atoms with van der Waals surface area (Å²) in [6.07, 6.45) is 0. The first-order chi connectivity index (χ1) is 11.5. The molecule has 0 spiro atoms. The van der Waals surface area contributed by atoms with E-state index < -0.39 is 17.9 Å². The molecule has 6 heteroatoms. The van der Waals surface area contributed by atoms with Gasteiger partial charge in [0.15, 0.2) is 0 Å². The summed E-state index contributed by atoms with van der Waals surface area (Å²) in [5.74, 6) is 12.4. The molecule has 0 radical (unpaired) electrons. The van der Waals surface area contributed by atoms with Crippen molar-refractivity contribution in [2.24, 2.45) is 0 Å². The second-order valence-electron chi connectivity index (χ2n) is 4.02. The molecule has 1 rings (SSSR count). The Morgan fingerprint density at radius 1 is 0.625 bits per heavy atom. The first kappa shape index (κ1) is 18.4. The smallest absolute Gasteiger partial charge is 0.384 e. The van der Waals surface area contributed by atoms with Crippen LogP contribution in [0.4, 0.5) is 0 Å². The Bertz CT molecular complexity index is 720. The number of carbonyl (C=O) groups is 3. The fourth-order valence-corrected chi connectivity index (χ4v) is 1.37. The van der Waals surface area contributed by atoms with E-state index in [1.54, 1.807) is 18.2 Å². The Hall–Kier alpha value is -3.69. The highest BCUT2D eigenvalue weighted by atomic mass is 16.5. The van der Waals surface area contributed by atoms with Crippen molar-refractivity contribution >= 4 is 17.9 Å². The number of ether oxygens (including phenoxy) is 3. The van der Waals surface area contributed by atoms with Crippen LogP contribution in [0.15, 0.2) is 18.2 Å². The van der Waals surface area contributed by atoms with Gasteiger partial charge < -0.3 is 14.2 Å². The molecule has 0 aliphatic rings. The van der Waals surface area contributed by atoms with E-state index >= 15 is 0 Å². The van der Waals surface area contributed by atoms with Crippen molar-refractivity contribution in [3.63, 3.8) is 0 Å². The van der Waals surface area contributed by atoms with Crippen molar-refractivity contribution in [2.45, 2.75) is 0 Å². The first-order valence-corrected chi connectivity index (χ1v) is 6.43. The van der Waals surface area contributed by atoms with Gasteiger partial charge in [-0.05, 0) is 18.2 Å². The van der Waals surface area contributed by atoms with E-state index in [1.807, 2.05) is 0 Å². The number of hydrogen-bond donors (Lipinski definition) is 0. The van der Waals surface area contributed by atoms with Gasteiger partial charge in [-0.1, -0.05) is 17.8 Å². The topological polar surface area (TPSA) is 78.9 Å². The second kappa shape index (κ2) is 9.35. The van der Waals surface area contributed by atoms with Crippen LogP contribution in [0.2, 0.25) is 0 Å². The third kappa shape index (κ3) is 6.39. The lowest BCUT2D eigenvalue weighted by atomic mass is 10.1. The second-order valence-corrected chi connectivity index (χ2v) is 4.02. The molecule has 1 aromatic rings. The zero-order chi connectivity index (χ0) is 17.9. The first-order valence-electron chi connectivity index (χ1n) is 6.43. The standard InChI is InChI=1S/C18H12O6/c1-22-16(19)7-4-13-10-14(5-8-17(20)23-2)12-15(11-13)6-9-18(21)24-3/h10-12H,1-3H3. The molecule has 0 aliphatic carbocycles. The molecule has 0 fully saturated rings. The maximum atomic E-state index is 11.1. The van der Waals surface area contributed by atoms with Crippen LogP contribution in [0.1, 0.15) is 16.7 Å². The van der Waals surface area contributed by atoms with Crippen LogP contribution in [0.3, 0.4) is 0 Å². The minimum absolute atomic E-state index is 0.409.